The lowest BCUT2D eigenvalue weighted by atomic mass is 10.2. The maximum Gasteiger partial charge on any atom is 0.268 e. The maximum atomic E-state index is 13.7. The third-order valence-corrected chi connectivity index (χ3v) is 10.3. The highest BCUT2D eigenvalue weighted by molar-refractivity contribution is 7.93. The van der Waals surface area contributed by atoms with E-state index in [0.29, 0.717) is 24.3 Å². The van der Waals surface area contributed by atoms with E-state index in [4.69, 9.17) is 4.74 Å². The highest BCUT2D eigenvalue weighted by atomic mass is 32.2. The summed E-state index contributed by atoms with van der Waals surface area (Å²) in [6.45, 7) is 2.48. The highest BCUT2D eigenvalue weighted by Crippen LogP contribution is 2.30. The molecule has 208 valence electrons. The minimum Gasteiger partial charge on any atom is -0.495 e. The molecule has 1 fully saturated rings. The fraction of sp³-hybridized carbons (Fsp3) is 0.321. The number of para-hydroxylation sites is 1. The van der Waals surface area contributed by atoms with Gasteiger partial charge in [-0.15, -0.1) is 0 Å². The smallest absolute Gasteiger partial charge is 0.268 e. The Bertz CT molecular complexity index is 1500. The summed E-state index contributed by atoms with van der Waals surface area (Å²) >= 11 is 0. The summed E-state index contributed by atoms with van der Waals surface area (Å²) in [5.74, 6) is -0.333. The molecule has 3 aromatic rings. The number of carbonyl (C=O) groups excluding carboxylic acids is 1. The fourth-order valence-corrected chi connectivity index (χ4v) is 7.62. The predicted octanol–water partition coefficient (Wildman–Crippen LogP) is 3.69. The van der Waals surface area contributed by atoms with Crippen molar-refractivity contribution in [2.75, 3.05) is 31.0 Å². The van der Waals surface area contributed by atoms with Crippen molar-refractivity contribution in [1.29, 1.82) is 0 Å². The van der Waals surface area contributed by atoms with Gasteiger partial charge in [0.15, 0.2) is 0 Å². The number of anilines is 1. The molecule has 4 rings (SSSR count). The highest BCUT2D eigenvalue weighted by Gasteiger charge is 2.30. The van der Waals surface area contributed by atoms with Crippen LogP contribution in [0.5, 0.6) is 5.75 Å². The van der Waals surface area contributed by atoms with Crippen LogP contribution in [0.25, 0.3) is 0 Å². The molecule has 0 spiro atoms. The number of carbonyl (C=O) groups is 1. The Kier molecular flexibility index (Phi) is 8.94. The van der Waals surface area contributed by atoms with Crippen molar-refractivity contribution in [3.05, 3.63) is 83.9 Å². The fourth-order valence-electron chi connectivity index (χ4n) is 4.43. The van der Waals surface area contributed by atoms with Crippen LogP contribution in [0.2, 0.25) is 0 Å². The number of hydrogen-bond acceptors (Lipinski definition) is 6. The van der Waals surface area contributed by atoms with E-state index in [0.717, 1.165) is 29.1 Å². The van der Waals surface area contributed by atoms with Crippen molar-refractivity contribution >= 4 is 31.6 Å². The first kappa shape index (κ1) is 28.6. The number of amides is 1. The van der Waals surface area contributed by atoms with Crippen LogP contribution < -0.4 is 14.4 Å². The molecular weight excluding hydrogens is 538 g/mol. The molecule has 0 radical (unpaired) electrons. The van der Waals surface area contributed by atoms with Gasteiger partial charge in [0.25, 0.3) is 10.0 Å². The van der Waals surface area contributed by atoms with Crippen LogP contribution in [0.3, 0.4) is 0 Å². The molecule has 9 nitrogen and oxygen atoms in total. The molecule has 1 heterocycles. The summed E-state index contributed by atoms with van der Waals surface area (Å²) < 4.78 is 61.1. The van der Waals surface area contributed by atoms with Gasteiger partial charge in [0, 0.05) is 19.6 Å². The lowest BCUT2D eigenvalue weighted by Gasteiger charge is -2.26. The molecule has 1 aliphatic heterocycles. The third kappa shape index (κ3) is 6.60. The molecule has 0 bridgehead atoms. The van der Waals surface area contributed by atoms with Crippen molar-refractivity contribution in [3.63, 3.8) is 0 Å². The first-order valence-corrected chi connectivity index (χ1v) is 15.6. The molecule has 39 heavy (non-hydrogen) atoms. The van der Waals surface area contributed by atoms with E-state index in [9.17, 15) is 21.6 Å². The largest absolute Gasteiger partial charge is 0.495 e. The number of methoxy groups -OCH3 is 1. The van der Waals surface area contributed by atoms with Gasteiger partial charge in [-0.05, 0) is 67.3 Å². The molecule has 1 aliphatic rings. The first-order chi connectivity index (χ1) is 18.6. The van der Waals surface area contributed by atoms with Crippen molar-refractivity contribution in [3.8, 4) is 5.75 Å². The Morgan fingerprint density at radius 3 is 2.23 bits per heavy atom. The van der Waals surface area contributed by atoms with E-state index in [-0.39, 0.29) is 22.1 Å². The lowest BCUT2D eigenvalue weighted by molar-refractivity contribution is -0.119. The Morgan fingerprint density at radius 2 is 1.59 bits per heavy atom. The van der Waals surface area contributed by atoms with Crippen molar-refractivity contribution in [1.82, 2.24) is 9.62 Å². The second kappa shape index (κ2) is 12.2. The van der Waals surface area contributed by atoms with Gasteiger partial charge in [-0.1, -0.05) is 42.8 Å². The molecule has 1 saturated heterocycles. The van der Waals surface area contributed by atoms with Crippen LogP contribution in [0.15, 0.2) is 82.6 Å². The molecule has 0 unspecified atom stereocenters. The zero-order chi connectivity index (χ0) is 28.0. The molecule has 0 atom stereocenters. The Labute approximate surface area is 230 Å². The third-order valence-electron chi connectivity index (χ3n) is 6.58. The number of benzene rings is 3. The van der Waals surface area contributed by atoms with E-state index in [1.807, 2.05) is 0 Å². The maximum absolute atomic E-state index is 13.7. The Hall–Kier alpha value is -3.41. The number of sulfonamides is 2. The number of nitrogens with one attached hydrogen (secondary N) is 1. The summed E-state index contributed by atoms with van der Waals surface area (Å²) in [4.78, 5) is 13.2. The zero-order valence-electron chi connectivity index (χ0n) is 22.0. The number of nitrogens with zero attached hydrogens (tertiary/aromatic N) is 2. The zero-order valence-corrected chi connectivity index (χ0v) is 23.7. The number of hydrogen-bond donors (Lipinski definition) is 1. The molecule has 0 aromatic heterocycles. The van der Waals surface area contributed by atoms with Crippen LogP contribution in [-0.2, 0) is 31.4 Å². The average molecular weight is 572 g/mol. The Morgan fingerprint density at radius 1 is 0.923 bits per heavy atom. The number of piperidine rings is 1. The van der Waals surface area contributed by atoms with Gasteiger partial charge >= 0.3 is 0 Å². The van der Waals surface area contributed by atoms with Gasteiger partial charge in [0.05, 0.1) is 17.7 Å². The normalized spacial score (nSPS) is 14.5. The van der Waals surface area contributed by atoms with Crippen LogP contribution in [0.4, 0.5) is 5.69 Å². The van der Waals surface area contributed by atoms with E-state index >= 15 is 0 Å². The second-order valence-corrected chi connectivity index (χ2v) is 13.2. The van der Waals surface area contributed by atoms with Crippen molar-refractivity contribution in [2.24, 2.45) is 0 Å². The topological polar surface area (TPSA) is 113 Å². The van der Waals surface area contributed by atoms with Gasteiger partial charge in [-0.2, -0.15) is 4.31 Å². The summed E-state index contributed by atoms with van der Waals surface area (Å²) in [6, 6.07) is 19.6. The van der Waals surface area contributed by atoms with Gasteiger partial charge in [0.1, 0.15) is 17.2 Å². The first-order valence-electron chi connectivity index (χ1n) is 12.7. The van der Waals surface area contributed by atoms with Crippen LogP contribution in [0.1, 0.15) is 30.4 Å². The molecular formula is C28H33N3O6S2. The standard InChI is InChI=1S/C28H33N3O6S2/c1-22-11-16-26(37-2)27(19-22)39(35,36)31(24-9-5-3-6-10-24)21-28(32)29-20-23-12-14-25(15-13-23)38(33,34)30-17-7-4-8-18-30/h3,5-6,9-16,19H,4,7-8,17-18,20-21H2,1-2H3,(H,29,32). The molecule has 11 heteroatoms. The van der Waals surface area contributed by atoms with Gasteiger partial charge in [-0.3, -0.25) is 9.10 Å². The molecule has 1 N–H and O–H groups in total. The summed E-state index contributed by atoms with van der Waals surface area (Å²) in [5, 5.41) is 2.75. The Balaban J connectivity index is 1.49. The van der Waals surface area contributed by atoms with E-state index in [1.54, 1.807) is 61.5 Å². The van der Waals surface area contributed by atoms with Crippen molar-refractivity contribution < 1.29 is 26.4 Å². The number of rotatable bonds is 10. The number of ether oxygens (including phenoxy) is 1. The average Bonchev–Trinajstić information content (AvgIpc) is 2.96. The molecule has 0 saturated carbocycles. The van der Waals surface area contributed by atoms with E-state index in [1.165, 1.54) is 29.6 Å². The monoisotopic (exact) mass is 571 g/mol. The molecule has 0 aliphatic carbocycles. The minimum atomic E-state index is -4.15. The van der Waals surface area contributed by atoms with Gasteiger partial charge in [-0.25, -0.2) is 16.8 Å². The summed E-state index contributed by atoms with van der Waals surface area (Å²) in [7, 11) is -6.30. The predicted molar refractivity (Wildman–Crippen MR) is 150 cm³/mol. The second-order valence-electron chi connectivity index (χ2n) is 9.39. The van der Waals surface area contributed by atoms with Gasteiger partial charge in [0.2, 0.25) is 15.9 Å². The SMILES string of the molecule is COc1ccc(C)cc1S(=O)(=O)N(CC(=O)NCc1ccc(S(=O)(=O)N2CCCCC2)cc1)c1ccccc1. The van der Waals surface area contributed by atoms with Gasteiger partial charge < -0.3 is 10.1 Å². The lowest BCUT2D eigenvalue weighted by Crippen LogP contribution is -2.40. The van der Waals surface area contributed by atoms with E-state index in [2.05, 4.69) is 5.32 Å². The number of aryl methyl sites for hydroxylation is 1. The van der Waals surface area contributed by atoms with Crippen LogP contribution in [-0.4, -0.2) is 53.8 Å². The molecule has 3 aromatic carbocycles. The minimum absolute atomic E-state index is 0.0350. The summed E-state index contributed by atoms with van der Waals surface area (Å²) in [5.41, 5.74) is 1.76. The summed E-state index contributed by atoms with van der Waals surface area (Å²) in [6.07, 6.45) is 2.75. The van der Waals surface area contributed by atoms with Crippen LogP contribution in [0, 0.1) is 6.92 Å². The van der Waals surface area contributed by atoms with Crippen LogP contribution >= 0.6 is 0 Å². The van der Waals surface area contributed by atoms with E-state index < -0.39 is 32.5 Å². The van der Waals surface area contributed by atoms with Crippen molar-refractivity contribution in [2.45, 2.75) is 42.5 Å². The quantitative estimate of drug-likeness (QED) is 0.397. The molecule has 1 amide bonds.